The van der Waals surface area contributed by atoms with E-state index >= 15 is 0 Å². The molecule has 3 aromatic heterocycles. The molecule has 0 bridgehead atoms. The zero-order valence-electron chi connectivity index (χ0n) is 9.93. The quantitative estimate of drug-likeness (QED) is 0.705. The van der Waals surface area contributed by atoms with Gasteiger partial charge in [-0.15, -0.1) is 11.3 Å². The fourth-order valence-corrected chi connectivity index (χ4v) is 3.07. The zero-order valence-corrected chi connectivity index (χ0v) is 10.8. The average molecular weight is 270 g/mol. The van der Waals surface area contributed by atoms with Crippen molar-refractivity contribution in [3.05, 3.63) is 45.3 Å². The smallest absolute Gasteiger partial charge is 0.255 e. The van der Waals surface area contributed by atoms with Crippen LogP contribution in [0.25, 0.3) is 21.6 Å². The molecule has 0 fully saturated rings. The van der Waals surface area contributed by atoms with Crippen molar-refractivity contribution in [2.75, 3.05) is 0 Å². The van der Waals surface area contributed by atoms with Crippen LogP contribution in [0.15, 0.2) is 28.5 Å². The molecule has 94 valence electrons. The van der Waals surface area contributed by atoms with Crippen molar-refractivity contribution >= 4 is 21.6 Å². The molecule has 19 heavy (non-hydrogen) atoms. The third kappa shape index (κ3) is 1.68. The zero-order chi connectivity index (χ0) is 12.8. The highest BCUT2D eigenvalue weighted by Crippen LogP contribution is 2.24. The van der Waals surface area contributed by atoms with Crippen molar-refractivity contribution in [1.29, 1.82) is 0 Å². The summed E-state index contributed by atoms with van der Waals surface area (Å²) in [7, 11) is 0. The predicted molar refractivity (Wildman–Crippen MR) is 74.0 cm³/mol. The fraction of sp³-hybridized carbons (Fsp3) is 0.154. The molecule has 0 atom stereocenters. The second kappa shape index (κ2) is 3.97. The van der Waals surface area contributed by atoms with E-state index in [0.717, 1.165) is 27.0 Å². The Morgan fingerprint density at radius 2 is 2.26 bits per heavy atom. The Balaban J connectivity index is 1.92. The van der Waals surface area contributed by atoms with Gasteiger partial charge in [0.05, 0.1) is 21.5 Å². The Morgan fingerprint density at radius 1 is 1.32 bits per heavy atom. The summed E-state index contributed by atoms with van der Waals surface area (Å²) in [6.45, 7) is 1.25. The number of hydrogen-bond acceptors (Lipinski definition) is 5. The van der Waals surface area contributed by atoms with Crippen molar-refractivity contribution < 1.29 is 0 Å². The van der Waals surface area contributed by atoms with Crippen molar-refractivity contribution in [1.82, 2.24) is 20.3 Å². The first-order valence-electron chi connectivity index (χ1n) is 5.98. The van der Waals surface area contributed by atoms with Gasteiger partial charge in [-0.3, -0.25) is 9.78 Å². The van der Waals surface area contributed by atoms with Crippen LogP contribution >= 0.6 is 11.3 Å². The van der Waals surface area contributed by atoms with Crippen LogP contribution < -0.4 is 10.9 Å². The number of aromatic nitrogens is 3. The van der Waals surface area contributed by atoms with Gasteiger partial charge in [-0.05, 0) is 17.5 Å². The molecule has 0 saturated carbocycles. The van der Waals surface area contributed by atoms with Gasteiger partial charge < -0.3 is 10.3 Å². The first-order valence-corrected chi connectivity index (χ1v) is 6.85. The summed E-state index contributed by atoms with van der Waals surface area (Å²) in [6, 6.07) is 3.99. The number of fused-ring (bicyclic) bond motifs is 2. The number of H-pyrrole nitrogens is 1. The molecule has 5 nitrogen and oxygen atoms in total. The first kappa shape index (κ1) is 10.8. The van der Waals surface area contributed by atoms with Crippen LogP contribution in [0.4, 0.5) is 0 Å². The van der Waals surface area contributed by atoms with Gasteiger partial charge in [-0.1, -0.05) is 0 Å². The van der Waals surface area contributed by atoms with Crippen LogP contribution in [0.5, 0.6) is 0 Å². The van der Waals surface area contributed by atoms with Crippen LogP contribution in [-0.4, -0.2) is 15.0 Å². The lowest BCUT2D eigenvalue weighted by Crippen LogP contribution is -2.15. The van der Waals surface area contributed by atoms with Crippen molar-refractivity contribution in [3.8, 4) is 11.4 Å². The minimum Gasteiger partial charge on any atom is -0.307 e. The lowest BCUT2D eigenvalue weighted by molar-refractivity contribution is 0.757. The molecule has 0 aliphatic carbocycles. The van der Waals surface area contributed by atoms with Gasteiger partial charge in [0, 0.05) is 24.8 Å². The number of rotatable bonds is 1. The van der Waals surface area contributed by atoms with E-state index in [1.807, 2.05) is 17.5 Å². The van der Waals surface area contributed by atoms with Gasteiger partial charge in [-0.25, -0.2) is 4.98 Å². The molecule has 1 aliphatic heterocycles. The van der Waals surface area contributed by atoms with Gasteiger partial charge >= 0.3 is 0 Å². The normalized spacial score (nSPS) is 13.9. The average Bonchev–Trinajstić information content (AvgIpc) is 3.06. The van der Waals surface area contributed by atoms with Gasteiger partial charge in [-0.2, -0.15) is 0 Å². The molecule has 4 heterocycles. The molecule has 0 aromatic carbocycles. The molecule has 3 aromatic rings. The maximum atomic E-state index is 12.0. The van der Waals surface area contributed by atoms with Crippen LogP contribution in [0.1, 0.15) is 11.3 Å². The van der Waals surface area contributed by atoms with Crippen LogP contribution in [0.2, 0.25) is 0 Å². The van der Waals surface area contributed by atoms with E-state index in [1.54, 1.807) is 17.5 Å². The number of pyridine rings is 1. The molecular formula is C13H10N4OS. The highest BCUT2D eigenvalue weighted by molar-refractivity contribution is 7.17. The second-order valence-electron chi connectivity index (χ2n) is 4.47. The van der Waals surface area contributed by atoms with E-state index in [1.165, 1.54) is 0 Å². The summed E-state index contributed by atoms with van der Waals surface area (Å²) < 4.78 is 1.10. The third-order valence-electron chi connectivity index (χ3n) is 3.27. The SMILES string of the molecule is O=c1[nH]c(-c2cnc3ccsc3c2)nc2c1CNC2. The molecule has 0 amide bonds. The Hall–Kier alpha value is -2.05. The number of nitrogens with one attached hydrogen (secondary N) is 2. The molecule has 0 spiro atoms. The van der Waals surface area contributed by atoms with Gasteiger partial charge in [0.15, 0.2) is 0 Å². The number of thiophene rings is 1. The van der Waals surface area contributed by atoms with Crippen molar-refractivity contribution in [3.63, 3.8) is 0 Å². The Labute approximate surface area is 112 Å². The lowest BCUT2D eigenvalue weighted by atomic mass is 10.2. The lowest BCUT2D eigenvalue weighted by Gasteiger charge is -2.03. The minimum absolute atomic E-state index is 0.0590. The largest absolute Gasteiger partial charge is 0.307 e. The Bertz CT molecular complexity index is 836. The molecular weight excluding hydrogens is 260 g/mol. The second-order valence-corrected chi connectivity index (χ2v) is 5.42. The molecule has 0 saturated heterocycles. The van der Waals surface area contributed by atoms with E-state index in [9.17, 15) is 4.79 Å². The molecule has 2 N–H and O–H groups in total. The fourth-order valence-electron chi connectivity index (χ4n) is 2.29. The monoisotopic (exact) mass is 270 g/mol. The van der Waals surface area contributed by atoms with E-state index in [-0.39, 0.29) is 5.56 Å². The predicted octanol–water partition coefficient (Wildman–Crippen LogP) is 1.65. The molecule has 0 radical (unpaired) electrons. The van der Waals surface area contributed by atoms with Gasteiger partial charge in [0.25, 0.3) is 5.56 Å². The standard InChI is InChI=1S/C13H10N4OS/c18-13-8-5-14-6-10(8)16-12(17-13)7-3-11-9(15-4-7)1-2-19-11/h1-4,14H,5-6H2,(H,16,17,18). The first-order chi connectivity index (χ1) is 9.31. The topological polar surface area (TPSA) is 70.7 Å². The molecule has 4 rings (SSSR count). The number of hydrogen-bond donors (Lipinski definition) is 2. The molecule has 1 aliphatic rings. The van der Waals surface area contributed by atoms with E-state index < -0.39 is 0 Å². The summed E-state index contributed by atoms with van der Waals surface area (Å²) in [5.74, 6) is 0.593. The Morgan fingerprint density at radius 3 is 3.21 bits per heavy atom. The maximum Gasteiger partial charge on any atom is 0.255 e. The number of aromatic amines is 1. The summed E-state index contributed by atoms with van der Waals surface area (Å²) in [5.41, 5.74) is 3.34. The minimum atomic E-state index is -0.0590. The maximum absolute atomic E-state index is 12.0. The van der Waals surface area contributed by atoms with Crippen molar-refractivity contribution in [2.45, 2.75) is 13.1 Å². The van der Waals surface area contributed by atoms with E-state index in [2.05, 4.69) is 20.3 Å². The summed E-state index contributed by atoms with van der Waals surface area (Å²) in [6.07, 6.45) is 1.75. The van der Waals surface area contributed by atoms with Crippen LogP contribution in [0, 0.1) is 0 Å². The summed E-state index contributed by atoms with van der Waals surface area (Å²) in [4.78, 5) is 23.7. The Kier molecular flexibility index (Phi) is 2.27. The third-order valence-corrected chi connectivity index (χ3v) is 4.12. The summed E-state index contributed by atoms with van der Waals surface area (Å²) >= 11 is 1.63. The number of nitrogens with zero attached hydrogens (tertiary/aromatic N) is 2. The summed E-state index contributed by atoms with van der Waals surface area (Å²) in [5, 5.41) is 5.14. The van der Waals surface area contributed by atoms with Crippen LogP contribution in [0.3, 0.4) is 0 Å². The van der Waals surface area contributed by atoms with E-state index in [0.29, 0.717) is 18.9 Å². The van der Waals surface area contributed by atoms with E-state index in [4.69, 9.17) is 0 Å². The molecule has 0 unspecified atom stereocenters. The molecule has 6 heteroatoms. The van der Waals surface area contributed by atoms with Crippen molar-refractivity contribution in [2.24, 2.45) is 0 Å². The highest BCUT2D eigenvalue weighted by atomic mass is 32.1. The van der Waals surface area contributed by atoms with Gasteiger partial charge in [0.1, 0.15) is 5.82 Å². The highest BCUT2D eigenvalue weighted by Gasteiger charge is 2.17. The van der Waals surface area contributed by atoms with Crippen LogP contribution in [-0.2, 0) is 13.1 Å². The van der Waals surface area contributed by atoms with Gasteiger partial charge in [0.2, 0.25) is 0 Å².